The lowest BCUT2D eigenvalue weighted by molar-refractivity contribution is -0.159. The number of carbonyl (C=O) groups excluding carboxylic acids is 3. The highest BCUT2D eigenvalue weighted by molar-refractivity contribution is 6.35. The van der Waals surface area contributed by atoms with Crippen LogP contribution in [0.2, 0.25) is 0 Å². The second kappa shape index (κ2) is 9.52. The van der Waals surface area contributed by atoms with Crippen molar-refractivity contribution in [1.82, 2.24) is 9.80 Å². The largest absolute Gasteiger partial charge is 0.328 e. The van der Waals surface area contributed by atoms with Crippen molar-refractivity contribution in [2.75, 3.05) is 18.4 Å². The number of piperazine rings is 1. The van der Waals surface area contributed by atoms with E-state index >= 15 is 0 Å². The summed E-state index contributed by atoms with van der Waals surface area (Å²) in [4.78, 5) is 40.9. The van der Waals surface area contributed by atoms with E-state index in [1.165, 1.54) is 21.9 Å². The maximum absolute atomic E-state index is 13.1. The van der Waals surface area contributed by atoms with Gasteiger partial charge >= 0.3 is 11.8 Å². The molecule has 6 nitrogen and oxygen atoms in total. The Labute approximate surface area is 175 Å². The minimum absolute atomic E-state index is 0.228. The van der Waals surface area contributed by atoms with E-state index in [0.717, 1.165) is 17.5 Å². The number of rotatable bonds is 7. The summed E-state index contributed by atoms with van der Waals surface area (Å²) in [6.45, 7) is 4.68. The third-order valence-corrected chi connectivity index (χ3v) is 5.32. The van der Waals surface area contributed by atoms with Crippen molar-refractivity contribution >= 4 is 23.4 Å². The van der Waals surface area contributed by atoms with E-state index in [1.54, 1.807) is 12.1 Å². The molecule has 158 valence electrons. The summed E-state index contributed by atoms with van der Waals surface area (Å²) in [5, 5.41) is 2.84. The molecule has 3 rings (SSSR count). The fourth-order valence-electron chi connectivity index (χ4n) is 3.54. The summed E-state index contributed by atoms with van der Waals surface area (Å²) in [5.74, 6) is -2.00. The molecule has 1 N–H and O–H groups in total. The van der Waals surface area contributed by atoms with Gasteiger partial charge in [0.15, 0.2) is 0 Å². The highest BCUT2D eigenvalue weighted by atomic mass is 19.1. The second-order valence-corrected chi connectivity index (χ2v) is 7.32. The van der Waals surface area contributed by atoms with Gasteiger partial charge in [0, 0.05) is 25.3 Å². The summed E-state index contributed by atoms with van der Waals surface area (Å²) in [6.07, 6.45) is 1.31. The Hall–Kier alpha value is -3.22. The molecule has 2 aromatic rings. The van der Waals surface area contributed by atoms with Gasteiger partial charge in [0.05, 0.1) is 0 Å². The molecule has 1 aliphatic rings. The molecule has 7 heteroatoms. The van der Waals surface area contributed by atoms with Crippen LogP contribution in [0.15, 0.2) is 48.5 Å². The topological polar surface area (TPSA) is 69.7 Å². The molecular weight excluding hydrogens is 385 g/mol. The molecule has 0 unspecified atom stereocenters. The highest BCUT2D eigenvalue weighted by Gasteiger charge is 2.38. The zero-order chi connectivity index (χ0) is 21.7. The van der Waals surface area contributed by atoms with Crippen LogP contribution in [0, 0.1) is 5.82 Å². The number of halogens is 1. The van der Waals surface area contributed by atoms with E-state index in [1.807, 2.05) is 31.2 Å². The SMILES string of the molecule is CCc1ccc(NC(=O)[C@@H](CC)N2CCN(Cc3ccc(F)cc3)C(=O)C2=O)cc1. The van der Waals surface area contributed by atoms with E-state index in [-0.39, 0.29) is 24.8 Å². The Balaban J connectivity index is 1.65. The number of nitrogens with zero attached hydrogens (tertiary/aromatic N) is 2. The van der Waals surface area contributed by atoms with Crippen LogP contribution in [0.25, 0.3) is 0 Å². The van der Waals surface area contributed by atoms with Gasteiger partial charge in [-0.3, -0.25) is 14.4 Å². The number of carbonyl (C=O) groups is 3. The van der Waals surface area contributed by atoms with Crippen LogP contribution in [0.5, 0.6) is 0 Å². The minimum atomic E-state index is -0.722. The third-order valence-electron chi connectivity index (χ3n) is 5.32. The number of aryl methyl sites for hydroxylation is 1. The first-order chi connectivity index (χ1) is 14.4. The molecule has 3 amide bonds. The van der Waals surface area contributed by atoms with Crippen LogP contribution >= 0.6 is 0 Å². The first-order valence-corrected chi connectivity index (χ1v) is 10.2. The lowest BCUT2D eigenvalue weighted by atomic mass is 10.1. The van der Waals surface area contributed by atoms with Gasteiger partial charge in [-0.05, 0) is 48.2 Å². The molecule has 0 spiro atoms. The quantitative estimate of drug-likeness (QED) is 0.712. The Bertz CT molecular complexity index is 912. The number of hydrogen-bond acceptors (Lipinski definition) is 3. The summed E-state index contributed by atoms with van der Waals surface area (Å²) in [6, 6.07) is 12.6. The van der Waals surface area contributed by atoms with Crippen LogP contribution < -0.4 is 5.32 Å². The van der Waals surface area contributed by atoms with Crippen LogP contribution in [0.3, 0.4) is 0 Å². The average Bonchev–Trinajstić information content (AvgIpc) is 2.75. The Morgan fingerprint density at radius 1 is 0.967 bits per heavy atom. The number of hydrogen-bond donors (Lipinski definition) is 1. The maximum Gasteiger partial charge on any atom is 0.312 e. The first-order valence-electron chi connectivity index (χ1n) is 10.2. The van der Waals surface area contributed by atoms with Gasteiger partial charge in [-0.2, -0.15) is 0 Å². The summed E-state index contributed by atoms with van der Waals surface area (Å²) >= 11 is 0. The average molecular weight is 411 g/mol. The van der Waals surface area contributed by atoms with Crippen molar-refractivity contribution in [3.63, 3.8) is 0 Å². The van der Waals surface area contributed by atoms with Crippen molar-refractivity contribution in [3.8, 4) is 0 Å². The zero-order valence-electron chi connectivity index (χ0n) is 17.2. The predicted molar refractivity (Wildman–Crippen MR) is 112 cm³/mol. The van der Waals surface area contributed by atoms with Gasteiger partial charge in [-0.25, -0.2) is 4.39 Å². The van der Waals surface area contributed by atoms with Crippen molar-refractivity contribution in [2.24, 2.45) is 0 Å². The number of amides is 3. The van der Waals surface area contributed by atoms with Gasteiger partial charge in [0.25, 0.3) is 0 Å². The van der Waals surface area contributed by atoms with E-state index in [9.17, 15) is 18.8 Å². The first kappa shape index (κ1) is 21.5. The second-order valence-electron chi connectivity index (χ2n) is 7.32. The zero-order valence-corrected chi connectivity index (χ0v) is 17.2. The van der Waals surface area contributed by atoms with E-state index in [2.05, 4.69) is 12.2 Å². The van der Waals surface area contributed by atoms with Crippen LogP contribution in [-0.4, -0.2) is 46.7 Å². The molecular formula is C23H26FN3O3. The molecule has 0 aromatic heterocycles. The standard InChI is InChI=1S/C23H26FN3O3/c1-3-16-7-11-19(12-8-16)25-21(28)20(4-2)27-14-13-26(22(29)23(27)30)15-17-5-9-18(24)10-6-17/h5-12,20H,3-4,13-15H2,1-2H3,(H,25,28)/t20-/m1/s1. The molecule has 2 aromatic carbocycles. The lowest BCUT2D eigenvalue weighted by Crippen LogP contribution is -2.59. The monoisotopic (exact) mass is 411 g/mol. The number of nitrogens with one attached hydrogen (secondary N) is 1. The third kappa shape index (κ3) is 4.84. The summed E-state index contributed by atoms with van der Waals surface area (Å²) < 4.78 is 13.1. The van der Waals surface area contributed by atoms with Crippen molar-refractivity contribution in [1.29, 1.82) is 0 Å². The lowest BCUT2D eigenvalue weighted by Gasteiger charge is -2.37. The Morgan fingerprint density at radius 3 is 2.20 bits per heavy atom. The molecule has 30 heavy (non-hydrogen) atoms. The normalized spacial score (nSPS) is 15.3. The van der Waals surface area contributed by atoms with Gasteiger partial charge in [-0.1, -0.05) is 38.1 Å². The molecule has 1 atom stereocenters. The van der Waals surface area contributed by atoms with Gasteiger partial charge < -0.3 is 15.1 Å². The molecule has 0 bridgehead atoms. The molecule has 0 radical (unpaired) electrons. The fraction of sp³-hybridized carbons (Fsp3) is 0.348. The van der Waals surface area contributed by atoms with E-state index in [4.69, 9.17) is 0 Å². The van der Waals surface area contributed by atoms with Gasteiger partial charge in [0.2, 0.25) is 5.91 Å². The summed E-state index contributed by atoms with van der Waals surface area (Å²) in [7, 11) is 0. The van der Waals surface area contributed by atoms with Gasteiger partial charge in [-0.15, -0.1) is 0 Å². The predicted octanol–water partition coefficient (Wildman–Crippen LogP) is 2.98. The van der Waals surface area contributed by atoms with Crippen molar-refractivity contribution < 1.29 is 18.8 Å². The Morgan fingerprint density at radius 2 is 1.60 bits per heavy atom. The number of anilines is 1. The van der Waals surface area contributed by atoms with Crippen LogP contribution in [0.4, 0.5) is 10.1 Å². The number of benzene rings is 2. The highest BCUT2D eigenvalue weighted by Crippen LogP contribution is 2.17. The van der Waals surface area contributed by atoms with Crippen molar-refractivity contribution in [2.45, 2.75) is 39.3 Å². The van der Waals surface area contributed by atoms with Gasteiger partial charge in [0.1, 0.15) is 11.9 Å². The van der Waals surface area contributed by atoms with E-state index in [0.29, 0.717) is 18.7 Å². The molecule has 1 fully saturated rings. The fourth-order valence-corrected chi connectivity index (χ4v) is 3.54. The molecule has 0 aliphatic carbocycles. The summed E-state index contributed by atoms with van der Waals surface area (Å²) in [5.41, 5.74) is 2.56. The molecule has 0 saturated carbocycles. The molecule has 1 aliphatic heterocycles. The van der Waals surface area contributed by atoms with E-state index < -0.39 is 17.9 Å². The van der Waals surface area contributed by atoms with Crippen LogP contribution in [0.1, 0.15) is 31.4 Å². The van der Waals surface area contributed by atoms with Crippen molar-refractivity contribution in [3.05, 3.63) is 65.5 Å². The maximum atomic E-state index is 13.1. The smallest absolute Gasteiger partial charge is 0.312 e. The molecule has 1 saturated heterocycles. The Kier molecular flexibility index (Phi) is 6.82. The minimum Gasteiger partial charge on any atom is -0.328 e. The van der Waals surface area contributed by atoms with Crippen LogP contribution in [-0.2, 0) is 27.3 Å². The molecule has 1 heterocycles.